The molecule has 0 aliphatic rings. The number of esters is 1. The van der Waals surface area contributed by atoms with Crippen LogP contribution in [0.25, 0.3) is 0 Å². The van der Waals surface area contributed by atoms with Crippen molar-refractivity contribution in [3.63, 3.8) is 0 Å². The summed E-state index contributed by atoms with van der Waals surface area (Å²) in [6.45, 7) is 1.67. The fourth-order valence-corrected chi connectivity index (χ4v) is 0.952. The third-order valence-corrected chi connectivity index (χ3v) is 1.73. The van der Waals surface area contributed by atoms with Gasteiger partial charge in [-0.15, -0.1) is 5.10 Å². The molecule has 0 bridgehead atoms. The monoisotopic (exact) mass is 245 g/mol. The number of nitrogens with one attached hydrogen (secondary N) is 1. The summed E-state index contributed by atoms with van der Waals surface area (Å²) in [7, 11) is 0. The summed E-state index contributed by atoms with van der Waals surface area (Å²) in [5.74, 6) is -1.92. The van der Waals surface area contributed by atoms with E-state index < -0.39 is 22.0 Å². The third-order valence-electron chi connectivity index (χ3n) is 1.73. The van der Waals surface area contributed by atoms with Gasteiger partial charge in [0.05, 0.1) is 0 Å². The number of rotatable bonds is 5. The number of hydrogen-bond donors (Lipinski definition) is 1. The lowest BCUT2D eigenvalue weighted by atomic mass is 10.3. The molecular formula is C6H7N5O6. The summed E-state index contributed by atoms with van der Waals surface area (Å²) < 4.78 is 4.43. The standard InChI is InChI=1S/C6H7N5O6/c1-2-3-4(8-9-7-3)17-6(12)5(10(13)14)11(15)16/h5H,2H2,1H3,(H,7,8,9). The topological polar surface area (TPSA) is 154 Å². The van der Waals surface area contributed by atoms with Gasteiger partial charge in [-0.3, -0.25) is 20.2 Å². The molecule has 92 valence electrons. The average molecular weight is 245 g/mol. The molecule has 1 aromatic rings. The molecule has 11 heteroatoms. The highest BCUT2D eigenvalue weighted by Gasteiger charge is 2.44. The van der Waals surface area contributed by atoms with Crippen LogP contribution in [0.2, 0.25) is 0 Å². The first-order chi connectivity index (χ1) is 7.97. The molecule has 1 N–H and O–H groups in total. The van der Waals surface area contributed by atoms with Gasteiger partial charge in [-0.25, -0.2) is 4.79 Å². The number of aromatic amines is 1. The van der Waals surface area contributed by atoms with Crippen LogP contribution in [0, 0.1) is 20.2 Å². The van der Waals surface area contributed by atoms with E-state index in [1.807, 2.05) is 0 Å². The fraction of sp³-hybridized carbons (Fsp3) is 0.500. The highest BCUT2D eigenvalue weighted by molar-refractivity contribution is 5.75. The van der Waals surface area contributed by atoms with Crippen molar-refractivity contribution in [2.24, 2.45) is 0 Å². The Kier molecular flexibility index (Phi) is 3.64. The van der Waals surface area contributed by atoms with E-state index >= 15 is 0 Å². The van der Waals surface area contributed by atoms with Crippen molar-refractivity contribution in [2.45, 2.75) is 19.5 Å². The Morgan fingerprint density at radius 3 is 2.47 bits per heavy atom. The van der Waals surface area contributed by atoms with Gasteiger partial charge in [0.1, 0.15) is 15.5 Å². The van der Waals surface area contributed by atoms with Crippen molar-refractivity contribution in [1.82, 2.24) is 15.4 Å². The van der Waals surface area contributed by atoms with E-state index in [-0.39, 0.29) is 11.6 Å². The Labute approximate surface area is 93.1 Å². The molecule has 17 heavy (non-hydrogen) atoms. The van der Waals surface area contributed by atoms with Gasteiger partial charge in [0.2, 0.25) is 0 Å². The Bertz CT molecular complexity index is 442. The zero-order chi connectivity index (χ0) is 13.0. The first-order valence-corrected chi connectivity index (χ1v) is 4.35. The molecule has 0 atom stereocenters. The molecular weight excluding hydrogens is 238 g/mol. The third kappa shape index (κ3) is 2.70. The SMILES string of the molecule is CCc1n[nH]nc1OC(=O)C([N+](=O)[O-])[N+](=O)[O-]. The van der Waals surface area contributed by atoms with Crippen molar-refractivity contribution in [3.8, 4) is 5.88 Å². The van der Waals surface area contributed by atoms with Crippen LogP contribution in [0.4, 0.5) is 0 Å². The van der Waals surface area contributed by atoms with Crippen molar-refractivity contribution in [1.29, 1.82) is 0 Å². The second-order valence-electron chi connectivity index (χ2n) is 2.79. The molecule has 0 aliphatic heterocycles. The average Bonchev–Trinajstić information content (AvgIpc) is 2.63. The predicted octanol–water partition coefficient (Wildman–Crippen LogP) is -0.848. The number of hydrogen-bond acceptors (Lipinski definition) is 8. The minimum absolute atomic E-state index is 0.240. The molecule has 1 aromatic heterocycles. The number of aryl methyl sites for hydroxylation is 1. The van der Waals surface area contributed by atoms with Crippen molar-refractivity contribution in [2.75, 3.05) is 0 Å². The van der Waals surface area contributed by atoms with Crippen LogP contribution in [0.3, 0.4) is 0 Å². The van der Waals surface area contributed by atoms with Gasteiger partial charge in [-0.05, 0) is 6.42 Å². The number of nitrogens with zero attached hydrogens (tertiary/aromatic N) is 4. The van der Waals surface area contributed by atoms with Gasteiger partial charge in [0, 0.05) is 0 Å². The summed E-state index contributed by atoms with van der Waals surface area (Å²) in [6.07, 6.45) is -2.32. The molecule has 0 fully saturated rings. The van der Waals surface area contributed by atoms with Crippen molar-refractivity contribution in [3.05, 3.63) is 25.9 Å². The predicted molar refractivity (Wildman–Crippen MR) is 49.2 cm³/mol. The number of carbonyl (C=O) groups excluding carboxylic acids is 1. The van der Waals surface area contributed by atoms with Gasteiger partial charge in [-0.2, -0.15) is 10.3 Å². The van der Waals surface area contributed by atoms with Crippen LogP contribution < -0.4 is 4.74 Å². The first kappa shape index (κ1) is 12.5. The lowest BCUT2D eigenvalue weighted by Gasteiger charge is -2.01. The normalized spacial score (nSPS) is 10.2. The Balaban J connectivity index is 2.84. The quantitative estimate of drug-likeness (QED) is 0.304. The van der Waals surface area contributed by atoms with Crippen molar-refractivity contribution >= 4 is 5.97 Å². The second-order valence-corrected chi connectivity index (χ2v) is 2.79. The molecule has 0 unspecified atom stereocenters. The van der Waals surface area contributed by atoms with E-state index in [0.29, 0.717) is 6.42 Å². The maximum Gasteiger partial charge on any atom is 0.545 e. The van der Waals surface area contributed by atoms with Crippen LogP contribution in [-0.4, -0.2) is 37.4 Å². The zero-order valence-corrected chi connectivity index (χ0v) is 8.52. The molecule has 0 saturated heterocycles. The molecule has 1 heterocycles. The van der Waals surface area contributed by atoms with Gasteiger partial charge in [0.15, 0.2) is 0 Å². The summed E-state index contributed by atoms with van der Waals surface area (Å²) in [4.78, 5) is 29.0. The van der Waals surface area contributed by atoms with Gasteiger partial charge in [0.25, 0.3) is 5.88 Å². The van der Waals surface area contributed by atoms with Gasteiger partial charge >= 0.3 is 12.1 Å². The summed E-state index contributed by atoms with van der Waals surface area (Å²) in [5, 5.41) is 29.7. The summed E-state index contributed by atoms with van der Waals surface area (Å²) in [6, 6.07) is 0. The first-order valence-electron chi connectivity index (χ1n) is 4.35. The highest BCUT2D eigenvalue weighted by atomic mass is 16.7. The maximum atomic E-state index is 11.2. The number of aromatic nitrogens is 3. The van der Waals surface area contributed by atoms with Crippen LogP contribution in [0.5, 0.6) is 5.88 Å². The second kappa shape index (κ2) is 4.96. The Morgan fingerprint density at radius 1 is 1.41 bits per heavy atom. The molecule has 0 aromatic carbocycles. The smallest absolute Gasteiger partial charge is 0.393 e. The van der Waals surface area contributed by atoms with E-state index in [4.69, 9.17) is 0 Å². The molecule has 0 aliphatic carbocycles. The van der Waals surface area contributed by atoms with E-state index in [0.717, 1.165) is 0 Å². The van der Waals surface area contributed by atoms with E-state index in [1.165, 1.54) is 0 Å². The number of carbonyl (C=O) groups is 1. The maximum absolute atomic E-state index is 11.2. The van der Waals surface area contributed by atoms with E-state index in [9.17, 15) is 25.0 Å². The van der Waals surface area contributed by atoms with E-state index in [2.05, 4.69) is 20.1 Å². The van der Waals surface area contributed by atoms with Crippen LogP contribution in [-0.2, 0) is 11.2 Å². The van der Waals surface area contributed by atoms with Crippen molar-refractivity contribution < 1.29 is 19.4 Å². The minimum atomic E-state index is -2.67. The Morgan fingerprint density at radius 2 is 2.00 bits per heavy atom. The molecule has 0 amide bonds. The largest absolute Gasteiger partial charge is 0.545 e. The zero-order valence-electron chi connectivity index (χ0n) is 8.52. The van der Waals surface area contributed by atoms with Crippen LogP contribution in [0.15, 0.2) is 0 Å². The summed E-state index contributed by atoms with van der Waals surface area (Å²) >= 11 is 0. The summed E-state index contributed by atoms with van der Waals surface area (Å²) in [5.41, 5.74) is 0.240. The molecule has 0 radical (unpaired) electrons. The lowest BCUT2D eigenvalue weighted by molar-refractivity contribution is -0.724. The number of H-pyrrole nitrogens is 1. The molecule has 0 spiro atoms. The van der Waals surface area contributed by atoms with E-state index in [1.54, 1.807) is 6.92 Å². The molecule has 11 nitrogen and oxygen atoms in total. The number of ether oxygens (including phenoxy) is 1. The van der Waals surface area contributed by atoms with Gasteiger partial charge in [-0.1, -0.05) is 6.92 Å². The molecule has 0 saturated carbocycles. The van der Waals surface area contributed by atoms with Crippen LogP contribution >= 0.6 is 0 Å². The Hall–Kier alpha value is -2.59. The lowest BCUT2D eigenvalue weighted by Crippen LogP contribution is -2.40. The van der Waals surface area contributed by atoms with Gasteiger partial charge < -0.3 is 4.74 Å². The molecule has 1 rings (SSSR count). The number of nitro groups is 2. The van der Waals surface area contributed by atoms with Crippen LogP contribution in [0.1, 0.15) is 12.6 Å². The minimum Gasteiger partial charge on any atom is -0.393 e. The highest BCUT2D eigenvalue weighted by Crippen LogP contribution is 2.12. The fourth-order valence-electron chi connectivity index (χ4n) is 0.952.